The van der Waals surface area contributed by atoms with E-state index in [4.69, 9.17) is 9.98 Å². The Balaban J connectivity index is 1.77. The lowest BCUT2D eigenvalue weighted by Gasteiger charge is -2.25. The Morgan fingerprint density at radius 3 is 1.62 bits per heavy atom. The molecule has 0 spiro atoms. The number of hydrogen-bond acceptors (Lipinski definition) is 4. The molecule has 0 radical (unpaired) electrons. The molecule has 2 atom stereocenters. The fraction of sp³-hybridized carbons (Fsp3) is 0.300. The van der Waals surface area contributed by atoms with Crippen molar-refractivity contribution >= 4 is 44.3 Å². The van der Waals surface area contributed by atoms with Crippen LogP contribution in [0.3, 0.4) is 0 Å². The normalized spacial score (nSPS) is 20.8. The van der Waals surface area contributed by atoms with E-state index in [2.05, 4.69) is 31.9 Å². The Bertz CT molecular complexity index is 767. The van der Waals surface area contributed by atoms with Crippen LogP contribution in [0.1, 0.15) is 36.8 Å². The Kier molecular flexibility index (Phi) is 6.48. The lowest BCUT2D eigenvalue weighted by molar-refractivity contribution is 0.390. The van der Waals surface area contributed by atoms with Gasteiger partial charge in [-0.05, 0) is 49.2 Å². The highest BCUT2D eigenvalue weighted by Crippen LogP contribution is 2.26. The maximum atomic E-state index is 9.96. The zero-order valence-corrected chi connectivity index (χ0v) is 17.3. The molecule has 2 aromatic rings. The van der Waals surface area contributed by atoms with Gasteiger partial charge in [-0.2, -0.15) is 0 Å². The summed E-state index contributed by atoms with van der Waals surface area (Å²) in [6.07, 6.45) is 7.65. The average molecular weight is 480 g/mol. The van der Waals surface area contributed by atoms with E-state index in [9.17, 15) is 10.2 Å². The molecule has 4 nitrogen and oxygen atoms in total. The van der Waals surface area contributed by atoms with Gasteiger partial charge in [0.05, 0.1) is 12.1 Å². The van der Waals surface area contributed by atoms with Crippen LogP contribution < -0.4 is 0 Å². The zero-order chi connectivity index (χ0) is 18.5. The molecule has 0 unspecified atom stereocenters. The topological polar surface area (TPSA) is 65.2 Å². The minimum absolute atomic E-state index is 0.0766. The second kappa shape index (κ2) is 8.82. The summed E-state index contributed by atoms with van der Waals surface area (Å²) in [5, 5.41) is 19.9. The van der Waals surface area contributed by atoms with Crippen LogP contribution in [0.15, 0.2) is 55.3 Å². The standard InChI is InChI=1S/C20H20Br2N2O2/c21-15-5-7-19(25)13(9-15)11-23-17-3-1-2-4-18(17)24-12-14-10-16(22)6-8-20(14)26/h5-12,17-18,25-26H,1-4H2/b23-11+,24-12+/t17-,18-/m0/s1. The second-order valence-corrected chi connectivity index (χ2v) is 8.21. The van der Waals surface area contributed by atoms with Gasteiger partial charge in [-0.3, -0.25) is 9.98 Å². The first-order valence-electron chi connectivity index (χ1n) is 8.56. The summed E-state index contributed by atoms with van der Waals surface area (Å²) in [6.45, 7) is 0. The van der Waals surface area contributed by atoms with Crippen LogP contribution in [-0.4, -0.2) is 34.7 Å². The molecule has 0 bridgehead atoms. The highest BCUT2D eigenvalue weighted by atomic mass is 79.9. The van der Waals surface area contributed by atoms with Gasteiger partial charge in [-0.1, -0.05) is 44.7 Å². The van der Waals surface area contributed by atoms with E-state index >= 15 is 0 Å². The maximum Gasteiger partial charge on any atom is 0.124 e. The molecule has 6 heteroatoms. The Morgan fingerprint density at radius 1 is 0.769 bits per heavy atom. The van der Waals surface area contributed by atoms with E-state index in [0.717, 1.165) is 34.6 Å². The third kappa shape index (κ3) is 4.95. The first-order valence-corrected chi connectivity index (χ1v) is 10.1. The number of benzene rings is 2. The number of aliphatic imine (C=N–C) groups is 2. The molecule has 0 aliphatic heterocycles. The van der Waals surface area contributed by atoms with Crippen LogP contribution in [0, 0.1) is 0 Å². The molecular weight excluding hydrogens is 460 g/mol. The first-order chi connectivity index (χ1) is 12.5. The molecule has 1 aliphatic rings. The third-order valence-corrected chi connectivity index (χ3v) is 5.47. The van der Waals surface area contributed by atoms with Crippen molar-refractivity contribution in [1.29, 1.82) is 0 Å². The highest BCUT2D eigenvalue weighted by Gasteiger charge is 2.23. The van der Waals surface area contributed by atoms with Crippen molar-refractivity contribution in [2.45, 2.75) is 37.8 Å². The average Bonchev–Trinajstić information content (AvgIpc) is 2.64. The maximum absolute atomic E-state index is 9.96. The first kappa shape index (κ1) is 19.1. The van der Waals surface area contributed by atoms with Crippen molar-refractivity contribution in [2.24, 2.45) is 9.98 Å². The summed E-state index contributed by atoms with van der Waals surface area (Å²) in [7, 11) is 0. The lowest BCUT2D eigenvalue weighted by Crippen LogP contribution is -2.27. The quantitative estimate of drug-likeness (QED) is 0.571. The molecular formula is C20H20Br2N2O2. The Hall–Kier alpha value is -1.66. The molecule has 3 rings (SSSR count). The summed E-state index contributed by atoms with van der Waals surface area (Å²) in [4.78, 5) is 9.40. The number of phenols is 2. The van der Waals surface area contributed by atoms with E-state index in [1.165, 1.54) is 0 Å². The number of phenolic OH excluding ortho intramolecular Hbond substituents is 2. The summed E-state index contributed by atoms with van der Waals surface area (Å²) in [5.74, 6) is 0.429. The molecule has 0 heterocycles. The molecule has 0 saturated heterocycles. The number of hydrogen-bond donors (Lipinski definition) is 2. The van der Waals surface area contributed by atoms with Crippen molar-refractivity contribution in [3.05, 3.63) is 56.5 Å². The van der Waals surface area contributed by atoms with Gasteiger partial charge in [0.25, 0.3) is 0 Å². The van der Waals surface area contributed by atoms with Gasteiger partial charge in [0.1, 0.15) is 11.5 Å². The number of halogens is 2. The van der Waals surface area contributed by atoms with E-state index in [1.807, 2.05) is 12.1 Å². The Labute approximate surface area is 170 Å². The van der Waals surface area contributed by atoms with Crippen LogP contribution in [0.4, 0.5) is 0 Å². The van der Waals surface area contributed by atoms with Crippen LogP contribution in [-0.2, 0) is 0 Å². The van der Waals surface area contributed by atoms with E-state index < -0.39 is 0 Å². The minimum atomic E-state index is 0.0766. The molecule has 26 heavy (non-hydrogen) atoms. The minimum Gasteiger partial charge on any atom is -0.507 e. The summed E-state index contributed by atoms with van der Waals surface area (Å²) in [6, 6.07) is 10.7. The lowest BCUT2D eigenvalue weighted by atomic mass is 9.91. The van der Waals surface area contributed by atoms with Crippen LogP contribution >= 0.6 is 31.9 Å². The van der Waals surface area contributed by atoms with Crippen molar-refractivity contribution < 1.29 is 10.2 Å². The van der Waals surface area contributed by atoms with Gasteiger partial charge in [-0.15, -0.1) is 0 Å². The largest absolute Gasteiger partial charge is 0.507 e. The van der Waals surface area contributed by atoms with E-state index in [0.29, 0.717) is 11.1 Å². The fourth-order valence-electron chi connectivity index (χ4n) is 3.05. The fourth-order valence-corrected chi connectivity index (χ4v) is 3.81. The van der Waals surface area contributed by atoms with Gasteiger partial charge < -0.3 is 10.2 Å². The van der Waals surface area contributed by atoms with Crippen LogP contribution in [0.2, 0.25) is 0 Å². The van der Waals surface area contributed by atoms with E-state index in [1.54, 1.807) is 36.7 Å². The number of aromatic hydroxyl groups is 2. The molecule has 0 aromatic heterocycles. The van der Waals surface area contributed by atoms with Crippen molar-refractivity contribution in [3.8, 4) is 11.5 Å². The van der Waals surface area contributed by atoms with Gasteiger partial charge in [0.2, 0.25) is 0 Å². The SMILES string of the molecule is Oc1ccc(Br)cc1/C=N/[C@H]1CCCC[C@@H]1/N=C/c1cc(Br)ccc1O. The van der Waals surface area contributed by atoms with Gasteiger partial charge in [-0.25, -0.2) is 0 Å². The molecule has 136 valence electrons. The molecule has 1 fully saturated rings. The third-order valence-electron chi connectivity index (χ3n) is 4.48. The predicted octanol–water partition coefficient (Wildman–Crippen LogP) is 5.47. The van der Waals surface area contributed by atoms with Crippen LogP contribution in [0.25, 0.3) is 0 Å². The summed E-state index contributed by atoms with van der Waals surface area (Å²) in [5.41, 5.74) is 1.38. The van der Waals surface area contributed by atoms with Gasteiger partial charge in [0, 0.05) is 32.5 Å². The summed E-state index contributed by atoms with van der Waals surface area (Å²) < 4.78 is 1.81. The molecule has 0 amide bonds. The molecule has 2 aromatic carbocycles. The van der Waals surface area contributed by atoms with Crippen molar-refractivity contribution in [1.82, 2.24) is 0 Å². The number of nitrogens with zero attached hydrogens (tertiary/aromatic N) is 2. The molecule has 1 aliphatic carbocycles. The van der Waals surface area contributed by atoms with Crippen molar-refractivity contribution in [3.63, 3.8) is 0 Å². The zero-order valence-electron chi connectivity index (χ0n) is 14.1. The predicted molar refractivity (Wildman–Crippen MR) is 113 cm³/mol. The second-order valence-electron chi connectivity index (χ2n) is 6.38. The number of rotatable bonds is 4. The van der Waals surface area contributed by atoms with Crippen molar-refractivity contribution in [2.75, 3.05) is 0 Å². The summed E-state index contributed by atoms with van der Waals surface area (Å²) >= 11 is 6.83. The molecule has 2 N–H and O–H groups in total. The van der Waals surface area contributed by atoms with Gasteiger partial charge in [0.15, 0.2) is 0 Å². The molecule has 1 saturated carbocycles. The monoisotopic (exact) mass is 478 g/mol. The highest BCUT2D eigenvalue weighted by molar-refractivity contribution is 9.10. The van der Waals surface area contributed by atoms with Crippen LogP contribution in [0.5, 0.6) is 11.5 Å². The van der Waals surface area contributed by atoms with Gasteiger partial charge >= 0.3 is 0 Å². The smallest absolute Gasteiger partial charge is 0.124 e. The Morgan fingerprint density at radius 2 is 1.19 bits per heavy atom. The van der Waals surface area contributed by atoms with E-state index in [-0.39, 0.29) is 23.6 Å².